The second kappa shape index (κ2) is 7.33. The number of ether oxygens (including phenoxy) is 1. The maximum atomic E-state index is 14.1. The van der Waals surface area contributed by atoms with Crippen molar-refractivity contribution < 1.29 is 9.13 Å². The number of rotatable bonds is 5. The summed E-state index contributed by atoms with van der Waals surface area (Å²) in [5.41, 5.74) is 6.01. The molecule has 0 atom stereocenters. The molecule has 0 saturated carbocycles. The largest absolute Gasteiger partial charge is 0.489 e. The van der Waals surface area contributed by atoms with Crippen LogP contribution in [0.4, 0.5) is 4.39 Å². The molecule has 1 aliphatic rings. The lowest BCUT2D eigenvalue weighted by atomic mass is 10.1. The predicted molar refractivity (Wildman–Crippen MR) is 85.8 cm³/mol. The van der Waals surface area contributed by atoms with Crippen molar-refractivity contribution in [3.05, 3.63) is 28.0 Å². The van der Waals surface area contributed by atoms with Crippen molar-refractivity contribution >= 4 is 33.1 Å². The Bertz CT molecular complexity index is 492. The van der Waals surface area contributed by atoms with Gasteiger partial charge in [-0.2, -0.15) is 0 Å². The zero-order valence-electron chi connectivity index (χ0n) is 11.2. The highest BCUT2D eigenvalue weighted by atomic mass is 79.9. The molecule has 6 heteroatoms. The predicted octanol–water partition coefficient (Wildman–Crippen LogP) is 3.09. The first-order valence-electron chi connectivity index (χ1n) is 6.72. The molecule has 1 aromatic carbocycles. The summed E-state index contributed by atoms with van der Waals surface area (Å²) < 4.78 is 19.9. The van der Waals surface area contributed by atoms with E-state index in [0.717, 1.165) is 19.6 Å². The minimum absolute atomic E-state index is 0.163. The molecule has 0 radical (unpaired) electrons. The Morgan fingerprint density at radius 3 is 2.70 bits per heavy atom. The molecular formula is C14H18BrFN2OS. The maximum Gasteiger partial charge on any atom is 0.179 e. The number of likely N-dealkylation sites (tertiary alicyclic amines) is 1. The Morgan fingerprint density at radius 2 is 2.05 bits per heavy atom. The molecule has 20 heavy (non-hydrogen) atoms. The average molecular weight is 361 g/mol. The Kier molecular flexibility index (Phi) is 5.74. The van der Waals surface area contributed by atoms with Gasteiger partial charge in [-0.05, 0) is 54.0 Å². The molecule has 0 aliphatic carbocycles. The van der Waals surface area contributed by atoms with E-state index in [1.807, 2.05) is 0 Å². The van der Waals surface area contributed by atoms with Crippen LogP contribution in [0.1, 0.15) is 24.8 Å². The van der Waals surface area contributed by atoms with Crippen LogP contribution >= 0.6 is 28.1 Å². The number of piperidine rings is 1. The molecule has 1 saturated heterocycles. The Morgan fingerprint density at radius 1 is 1.35 bits per heavy atom. The molecule has 1 fully saturated rings. The number of hydrogen-bond acceptors (Lipinski definition) is 3. The van der Waals surface area contributed by atoms with Crippen LogP contribution in [0.3, 0.4) is 0 Å². The summed E-state index contributed by atoms with van der Waals surface area (Å²) >= 11 is 8.03. The maximum absolute atomic E-state index is 14.1. The van der Waals surface area contributed by atoms with E-state index in [1.54, 1.807) is 12.1 Å². The van der Waals surface area contributed by atoms with Gasteiger partial charge in [-0.1, -0.05) is 18.6 Å². The molecule has 2 N–H and O–H groups in total. The number of nitrogens with two attached hydrogens (primary N) is 1. The normalized spacial score (nSPS) is 16.1. The van der Waals surface area contributed by atoms with Crippen LogP contribution in [0, 0.1) is 5.82 Å². The number of thiocarbonyl (C=S) groups is 1. The third-order valence-corrected chi connectivity index (χ3v) is 4.42. The minimum Gasteiger partial charge on any atom is -0.489 e. The lowest BCUT2D eigenvalue weighted by Crippen LogP contribution is -2.33. The topological polar surface area (TPSA) is 38.5 Å². The molecule has 1 aromatic rings. The quantitative estimate of drug-likeness (QED) is 0.818. The van der Waals surface area contributed by atoms with Crippen LogP contribution in [0.2, 0.25) is 0 Å². The highest BCUT2D eigenvalue weighted by molar-refractivity contribution is 9.10. The van der Waals surface area contributed by atoms with Crippen molar-refractivity contribution in [3.63, 3.8) is 0 Å². The van der Waals surface area contributed by atoms with Gasteiger partial charge in [-0.15, -0.1) is 0 Å². The molecule has 0 amide bonds. The Hall–Kier alpha value is -0.720. The summed E-state index contributed by atoms with van der Waals surface area (Å²) in [7, 11) is 0. The molecule has 3 nitrogen and oxygen atoms in total. The summed E-state index contributed by atoms with van der Waals surface area (Å²) in [6.45, 7) is 3.52. The highest BCUT2D eigenvalue weighted by Gasteiger charge is 2.15. The summed E-state index contributed by atoms with van der Waals surface area (Å²) in [6, 6.07) is 3.25. The van der Waals surface area contributed by atoms with E-state index in [9.17, 15) is 4.39 Å². The molecule has 110 valence electrons. The molecule has 1 heterocycles. The summed E-state index contributed by atoms with van der Waals surface area (Å²) in [5.74, 6) is -0.220. The monoisotopic (exact) mass is 360 g/mol. The van der Waals surface area contributed by atoms with Gasteiger partial charge in [0.15, 0.2) is 11.6 Å². The first kappa shape index (κ1) is 15.7. The van der Waals surface area contributed by atoms with Crippen LogP contribution in [-0.4, -0.2) is 36.1 Å². The van der Waals surface area contributed by atoms with E-state index >= 15 is 0 Å². The average Bonchev–Trinajstić information content (AvgIpc) is 2.44. The van der Waals surface area contributed by atoms with Crippen LogP contribution < -0.4 is 10.5 Å². The molecule has 0 spiro atoms. The van der Waals surface area contributed by atoms with Crippen LogP contribution in [-0.2, 0) is 0 Å². The zero-order valence-corrected chi connectivity index (χ0v) is 13.6. The molecule has 1 aliphatic heterocycles. The molecular weight excluding hydrogens is 343 g/mol. The van der Waals surface area contributed by atoms with Crippen LogP contribution in [0.5, 0.6) is 5.75 Å². The first-order chi connectivity index (χ1) is 9.59. The fourth-order valence-corrected chi connectivity index (χ4v) is 3.14. The van der Waals surface area contributed by atoms with E-state index < -0.39 is 5.82 Å². The fraction of sp³-hybridized carbons (Fsp3) is 0.500. The number of hydrogen-bond donors (Lipinski definition) is 1. The second-order valence-corrected chi connectivity index (χ2v) is 6.09. The van der Waals surface area contributed by atoms with Gasteiger partial charge < -0.3 is 10.5 Å². The third-order valence-electron chi connectivity index (χ3n) is 3.43. The van der Waals surface area contributed by atoms with Gasteiger partial charge >= 0.3 is 0 Å². The van der Waals surface area contributed by atoms with Gasteiger partial charge in [-0.3, -0.25) is 4.90 Å². The van der Waals surface area contributed by atoms with Gasteiger partial charge in [-0.25, -0.2) is 4.39 Å². The SMILES string of the molecule is NC(=S)c1ccc(OCCN2CCCCC2)c(F)c1Br. The van der Waals surface area contributed by atoms with Gasteiger partial charge in [0.2, 0.25) is 0 Å². The second-order valence-electron chi connectivity index (χ2n) is 4.85. The Balaban J connectivity index is 1.92. The van der Waals surface area contributed by atoms with E-state index in [2.05, 4.69) is 20.8 Å². The van der Waals surface area contributed by atoms with Crippen molar-refractivity contribution in [1.29, 1.82) is 0 Å². The molecule has 0 unspecified atom stereocenters. The lowest BCUT2D eigenvalue weighted by molar-refractivity contribution is 0.180. The minimum atomic E-state index is -0.450. The summed E-state index contributed by atoms with van der Waals surface area (Å²) in [4.78, 5) is 2.51. The fourth-order valence-electron chi connectivity index (χ4n) is 2.30. The van der Waals surface area contributed by atoms with Crippen LogP contribution in [0.25, 0.3) is 0 Å². The van der Waals surface area contributed by atoms with E-state index in [4.69, 9.17) is 22.7 Å². The molecule has 2 rings (SSSR count). The third kappa shape index (κ3) is 3.90. The first-order valence-corrected chi connectivity index (χ1v) is 7.92. The van der Waals surface area contributed by atoms with Gasteiger partial charge in [0, 0.05) is 12.1 Å². The van der Waals surface area contributed by atoms with Crippen molar-refractivity contribution in [2.45, 2.75) is 19.3 Å². The number of halogens is 2. The highest BCUT2D eigenvalue weighted by Crippen LogP contribution is 2.28. The van der Waals surface area contributed by atoms with Crippen LogP contribution in [0.15, 0.2) is 16.6 Å². The number of benzene rings is 1. The van der Waals surface area contributed by atoms with Crippen molar-refractivity contribution in [3.8, 4) is 5.75 Å². The number of nitrogens with zero attached hydrogens (tertiary/aromatic N) is 1. The molecule has 0 aromatic heterocycles. The zero-order chi connectivity index (χ0) is 14.5. The Labute approximate surface area is 132 Å². The van der Waals surface area contributed by atoms with E-state index in [0.29, 0.717) is 12.2 Å². The summed E-state index contributed by atoms with van der Waals surface area (Å²) in [5, 5.41) is 0. The summed E-state index contributed by atoms with van der Waals surface area (Å²) in [6.07, 6.45) is 3.78. The van der Waals surface area contributed by atoms with Gasteiger partial charge in [0.05, 0.1) is 4.47 Å². The standard InChI is InChI=1S/C14H18BrFN2OS/c15-12-10(14(17)20)4-5-11(13(12)16)19-9-8-18-6-2-1-3-7-18/h4-5H,1-3,6-9H2,(H2,17,20). The lowest BCUT2D eigenvalue weighted by Gasteiger charge is -2.26. The van der Waals surface area contributed by atoms with Gasteiger partial charge in [0.25, 0.3) is 0 Å². The van der Waals surface area contributed by atoms with E-state index in [-0.39, 0.29) is 15.2 Å². The van der Waals surface area contributed by atoms with Crippen molar-refractivity contribution in [2.75, 3.05) is 26.2 Å². The van der Waals surface area contributed by atoms with Crippen molar-refractivity contribution in [2.24, 2.45) is 5.73 Å². The smallest absolute Gasteiger partial charge is 0.179 e. The van der Waals surface area contributed by atoms with Crippen molar-refractivity contribution in [1.82, 2.24) is 4.90 Å². The molecule has 0 bridgehead atoms. The van der Waals surface area contributed by atoms with E-state index in [1.165, 1.54) is 19.3 Å². The van der Waals surface area contributed by atoms with Gasteiger partial charge in [0.1, 0.15) is 11.6 Å².